The zero-order valence-electron chi connectivity index (χ0n) is 12.8. The van der Waals surface area contributed by atoms with Crippen LogP contribution in [0.5, 0.6) is 11.5 Å². The summed E-state index contributed by atoms with van der Waals surface area (Å²) in [6.45, 7) is 0.453. The van der Waals surface area contributed by atoms with Crippen molar-refractivity contribution in [1.29, 1.82) is 0 Å². The molecule has 0 saturated heterocycles. The van der Waals surface area contributed by atoms with Crippen molar-refractivity contribution in [1.82, 2.24) is 0 Å². The lowest BCUT2D eigenvalue weighted by Crippen LogP contribution is -1.96. The van der Waals surface area contributed by atoms with Gasteiger partial charge in [0, 0.05) is 5.56 Å². The van der Waals surface area contributed by atoms with E-state index in [2.05, 4.69) is 0 Å². The van der Waals surface area contributed by atoms with Gasteiger partial charge < -0.3 is 14.9 Å². The predicted molar refractivity (Wildman–Crippen MR) is 91.3 cm³/mol. The number of carboxylic acids is 1. The topological polar surface area (TPSA) is 66.8 Å². The summed E-state index contributed by atoms with van der Waals surface area (Å²) in [5.41, 5.74) is 2.43. The Balaban J connectivity index is 1.81. The Bertz CT molecular complexity index is 857. The first-order valence-electron chi connectivity index (χ1n) is 7.47. The van der Waals surface area contributed by atoms with Crippen LogP contribution in [0.2, 0.25) is 0 Å². The van der Waals surface area contributed by atoms with Crippen molar-refractivity contribution in [3.63, 3.8) is 0 Å². The van der Waals surface area contributed by atoms with Crippen molar-refractivity contribution in [3.8, 4) is 22.6 Å². The van der Waals surface area contributed by atoms with Gasteiger partial charge in [0.05, 0.1) is 5.56 Å². The molecule has 2 N–H and O–H groups in total. The summed E-state index contributed by atoms with van der Waals surface area (Å²) in [7, 11) is 0. The molecule has 0 saturated carbocycles. The molecule has 0 radical (unpaired) electrons. The van der Waals surface area contributed by atoms with Crippen LogP contribution in [-0.4, -0.2) is 16.2 Å². The highest BCUT2D eigenvalue weighted by atomic mass is 16.5. The fraction of sp³-hybridized carbons (Fsp3) is 0.0500. The van der Waals surface area contributed by atoms with Gasteiger partial charge in [-0.2, -0.15) is 0 Å². The van der Waals surface area contributed by atoms with E-state index >= 15 is 0 Å². The molecule has 0 aromatic heterocycles. The summed E-state index contributed by atoms with van der Waals surface area (Å²) in [6, 6.07) is 21.5. The fourth-order valence-electron chi connectivity index (χ4n) is 2.40. The van der Waals surface area contributed by atoms with Gasteiger partial charge in [-0.15, -0.1) is 0 Å². The van der Waals surface area contributed by atoms with Crippen LogP contribution in [0, 0.1) is 0 Å². The van der Waals surface area contributed by atoms with E-state index in [4.69, 9.17) is 9.84 Å². The van der Waals surface area contributed by atoms with E-state index in [1.54, 1.807) is 6.07 Å². The third-order valence-electron chi connectivity index (χ3n) is 3.64. The number of benzene rings is 3. The molecule has 120 valence electrons. The van der Waals surface area contributed by atoms with Crippen LogP contribution in [0.25, 0.3) is 11.1 Å². The molecule has 4 heteroatoms. The summed E-state index contributed by atoms with van der Waals surface area (Å²) in [6.07, 6.45) is 0. The number of aromatic carboxylic acids is 1. The molecule has 0 bridgehead atoms. The maximum Gasteiger partial charge on any atom is 0.335 e. The van der Waals surface area contributed by atoms with E-state index in [1.165, 1.54) is 12.1 Å². The summed E-state index contributed by atoms with van der Waals surface area (Å²) in [4.78, 5) is 10.9. The maximum atomic E-state index is 10.9. The first kappa shape index (κ1) is 15.6. The molecule has 0 fully saturated rings. The molecule has 0 aliphatic heterocycles. The summed E-state index contributed by atoms with van der Waals surface area (Å²) >= 11 is 0. The largest absolute Gasteiger partial charge is 0.507 e. The Morgan fingerprint density at radius 3 is 2.42 bits per heavy atom. The van der Waals surface area contributed by atoms with Gasteiger partial charge in [-0.1, -0.05) is 42.5 Å². The average molecular weight is 320 g/mol. The maximum absolute atomic E-state index is 10.9. The number of carboxylic acid groups (broad SMARTS) is 1. The SMILES string of the molecule is O=C(O)c1ccc(-c2cccc(OCc3ccccc3)c2)c(O)c1. The lowest BCUT2D eigenvalue weighted by atomic mass is 10.0. The number of aromatic hydroxyl groups is 1. The van der Waals surface area contributed by atoms with Gasteiger partial charge >= 0.3 is 5.97 Å². The molecule has 4 nitrogen and oxygen atoms in total. The smallest absolute Gasteiger partial charge is 0.335 e. The van der Waals surface area contributed by atoms with Crippen LogP contribution in [0.3, 0.4) is 0 Å². The molecule has 3 rings (SSSR count). The van der Waals surface area contributed by atoms with Crippen LogP contribution < -0.4 is 4.74 Å². The highest BCUT2D eigenvalue weighted by Crippen LogP contribution is 2.32. The lowest BCUT2D eigenvalue weighted by molar-refractivity contribution is 0.0696. The van der Waals surface area contributed by atoms with E-state index in [-0.39, 0.29) is 11.3 Å². The molecule has 0 aliphatic rings. The molecule has 0 unspecified atom stereocenters. The molecule has 0 atom stereocenters. The fourth-order valence-corrected chi connectivity index (χ4v) is 2.40. The predicted octanol–water partition coefficient (Wildman–Crippen LogP) is 4.34. The van der Waals surface area contributed by atoms with Crippen molar-refractivity contribution < 1.29 is 19.7 Å². The van der Waals surface area contributed by atoms with Gasteiger partial charge in [0.2, 0.25) is 0 Å². The Morgan fingerprint density at radius 1 is 0.917 bits per heavy atom. The normalized spacial score (nSPS) is 10.3. The van der Waals surface area contributed by atoms with Crippen molar-refractivity contribution in [3.05, 3.63) is 83.9 Å². The molecular weight excluding hydrogens is 304 g/mol. The van der Waals surface area contributed by atoms with Gasteiger partial charge in [0.15, 0.2) is 0 Å². The molecule has 0 spiro atoms. The second-order valence-electron chi connectivity index (χ2n) is 5.34. The number of phenols is 1. The standard InChI is InChI=1S/C20H16O4/c21-19-12-16(20(22)23)9-10-18(19)15-7-4-8-17(11-15)24-13-14-5-2-1-3-6-14/h1-12,21H,13H2,(H,22,23). The molecular formula is C20H16O4. The van der Waals surface area contributed by atoms with Crippen LogP contribution in [0.4, 0.5) is 0 Å². The number of ether oxygens (including phenoxy) is 1. The van der Waals surface area contributed by atoms with Crippen LogP contribution in [0.15, 0.2) is 72.8 Å². The number of hydrogen-bond acceptors (Lipinski definition) is 3. The van der Waals surface area contributed by atoms with Crippen LogP contribution in [-0.2, 0) is 6.61 Å². The number of carbonyl (C=O) groups is 1. The van der Waals surface area contributed by atoms with Crippen molar-refractivity contribution in [2.24, 2.45) is 0 Å². The minimum absolute atomic E-state index is 0.0488. The molecule has 24 heavy (non-hydrogen) atoms. The first-order valence-corrected chi connectivity index (χ1v) is 7.47. The summed E-state index contributed by atoms with van der Waals surface area (Å²) < 4.78 is 5.78. The van der Waals surface area contributed by atoms with Crippen molar-refractivity contribution >= 4 is 5.97 Å². The van der Waals surface area contributed by atoms with E-state index in [1.807, 2.05) is 54.6 Å². The van der Waals surface area contributed by atoms with Crippen LogP contribution >= 0.6 is 0 Å². The minimum atomic E-state index is -1.07. The van der Waals surface area contributed by atoms with Crippen molar-refractivity contribution in [2.45, 2.75) is 6.61 Å². The van der Waals surface area contributed by atoms with Gasteiger partial charge in [-0.25, -0.2) is 4.79 Å². The van der Waals surface area contributed by atoms with Crippen LogP contribution in [0.1, 0.15) is 15.9 Å². The monoisotopic (exact) mass is 320 g/mol. The zero-order chi connectivity index (χ0) is 16.9. The second-order valence-corrected chi connectivity index (χ2v) is 5.34. The van der Waals surface area contributed by atoms with E-state index < -0.39 is 5.97 Å². The number of hydrogen-bond donors (Lipinski definition) is 2. The Morgan fingerprint density at radius 2 is 1.71 bits per heavy atom. The summed E-state index contributed by atoms with van der Waals surface area (Å²) in [5, 5.41) is 19.1. The second kappa shape index (κ2) is 6.87. The molecule has 0 aliphatic carbocycles. The molecule has 0 amide bonds. The van der Waals surface area contributed by atoms with Crippen molar-refractivity contribution in [2.75, 3.05) is 0 Å². The molecule has 0 heterocycles. The first-order chi connectivity index (χ1) is 11.6. The zero-order valence-corrected chi connectivity index (χ0v) is 12.8. The number of rotatable bonds is 5. The third-order valence-corrected chi connectivity index (χ3v) is 3.64. The summed E-state index contributed by atoms with van der Waals surface area (Å²) in [5.74, 6) is -0.468. The Kier molecular flexibility index (Phi) is 4.47. The van der Waals surface area contributed by atoms with Gasteiger partial charge in [-0.3, -0.25) is 0 Å². The van der Waals surface area contributed by atoms with Gasteiger partial charge in [-0.05, 0) is 41.5 Å². The molecule has 3 aromatic rings. The van der Waals surface area contributed by atoms with E-state index in [0.29, 0.717) is 17.9 Å². The number of phenolic OH excluding ortho intramolecular Hbond substituents is 1. The van der Waals surface area contributed by atoms with E-state index in [0.717, 1.165) is 11.1 Å². The Hall–Kier alpha value is -3.27. The van der Waals surface area contributed by atoms with E-state index in [9.17, 15) is 9.90 Å². The average Bonchev–Trinajstić information content (AvgIpc) is 2.61. The third kappa shape index (κ3) is 3.55. The minimum Gasteiger partial charge on any atom is -0.507 e. The highest BCUT2D eigenvalue weighted by Gasteiger charge is 2.10. The quantitative estimate of drug-likeness (QED) is 0.734. The van der Waals surface area contributed by atoms with Gasteiger partial charge in [0.25, 0.3) is 0 Å². The molecule has 3 aromatic carbocycles. The Labute approximate surface area is 139 Å². The lowest BCUT2D eigenvalue weighted by Gasteiger charge is -2.10. The van der Waals surface area contributed by atoms with Gasteiger partial charge in [0.1, 0.15) is 18.1 Å². The highest BCUT2D eigenvalue weighted by molar-refractivity contribution is 5.89.